The maximum Gasteiger partial charge on any atom is 0.271 e. The quantitative estimate of drug-likeness (QED) is 0.173. The van der Waals surface area contributed by atoms with Crippen LogP contribution in [-0.4, -0.2) is 17.7 Å². The molecule has 1 aliphatic rings. The van der Waals surface area contributed by atoms with E-state index in [1.165, 1.54) is 11.8 Å². The van der Waals surface area contributed by atoms with Gasteiger partial charge in [-0.2, -0.15) is 0 Å². The standard InChI is InChI=1S/C31H22BrCl3N2O3S/c1-2-39-27-16-20(15-26(32)29(27)40-18-19-3-5-21(33)6-4-19)17-28-30(38)37(25-13-9-23(35)10-14-25)31(41-28)36-24-11-7-22(34)8-12-24/h3-17H,2,18H2,1H3/b28-17-,36-31?. The maximum absolute atomic E-state index is 13.7. The Bertz CT molecular complexity index is 1630. The van der Waals surface area contributed by atoms with Crippen molar-refractivity contribution in [3.63, 3.8) is 0 Å². The van der Waals surface area contributed by atoms with Gasteiger partial charge in [0.25, 0.3) is 5.91 Å². The number of hydrogen-bond acceptors (Lipinski definition) is 5. The lowest BCUT2D eigenvalue weighted by Gasteiger charge is -2.16. The van der Waals surface area contributed by atoms with Gasteiger partial charge in [-0.3, -0.25) is 9.69 Å². The lowest BCUT2D eigenvalue weighted by atomic mass is 10.1. The summed E-state index contributed by atoms with van der Waals surface area (Å²) in [5.74, 6) is 0.923. The molecule has 1 saturated heterocycles. The van der Waals surface area contributed by atoms with Gasteiger partial charge >= 0.3 is 0 Å². The minimum absolute atomic E-state index is 0.206. The number of hydrogen-bond donors (Lipinski definition) is 0. The first kappa shape index (κ1) is 29.5. The Kier molecular flexibility index (Phi) is 9.63. The molecule has 10 heteroatoms. The van der Waals surface area contributed by atoms with Crippen LogP contribution in [0.15, 0.2) is 99.3 Å². The van der Waals surface area contributed by atoms with E-state index in [0.29, 0.717) is 65.7 Å². The molecule has 0 radical (unpaired) electrons. The second-order valence-electron chi connectivity index (χ2n) is 8.78. The third-order valence-corrected chi connectivity index (χ3v) is 8.18. The van der Waals surface area contributed by atoms with E-state index in [0.717, 1.165) is 11.1 Å². The summed E-state index contributed by atoms with van der Waals surface area (Å²) in [6, 6.07) is 25.4. The molecule has 4 aromatic rings. The van der Waals surface area contributed by atoms with E-state index in [-0.39, 0.29) is 5.91 Å². The van der Waals surface area contributed by atoms with E-state index in [2.05, 4.69) is 15.9 Å². The van der Waals surface area contributed by atoms with Crippen LogP contribution in [0.1, 0.15) is 18.1 Å². The predicted octanol–water partition coefficient (Wildman–Crippen LogP) is 10.2. The van der Waals surface area contributed by atoms with Crippen molar-refractivity contribution in [3.8, 4) is 11.5 Å². The van der Waals surface area contributed by atoms with Gasteiger partial charge in [-0.1, -0.05) is 46.9 Å². The van der Waals surface area contributed by atoms with Gasteiger partial charge in [0.15, 0.2) is 16.7 Å². The van der Waals surface area contributed by atoms with Gasteiger partial charge in [0, 0.05) is 15.1 Å². The van der Waals surface area contributed by atoms with Crippen LogP contribution < -0.4 is 14.4 Å². The number of rotatable bonds is 8. The molecule has 0 N–H and O–H groups in total. The molecular formula is C31H22BrCl3N2O3S. The fourth-order valence-electron chi connectivity index (χ4n) is 3.95. The Hall–Kier alpha value is -2.94. The second kappa shape index (κ2) is 13.4. The Morgan fingerprint density at radius 2 is 1.49 bits per heavy atom. The van der Waals surface area contributed by atoms with Crippen molar-refractivity contribution < 1.29 is 14.3 Å². The lowest BCUT2D eigenvalue weighted by molar-refractivity contribution is -0.113. The van der Waals surface area contributed by atoms with E-state index < -0.39 is 0 Å². The van der Waals surface area contributed by atoms with Gasteiger partial charge in [0.1, 0.15) is 6.61 Å². The number of carbonyl (C=O) groups excluding carboxylic acids is 1. The average Bonchev–Trinajstić information content (AvgIpc) is 3.25. The molecule has 0 aliphatic carbocycles. The molecule has 1 aliphatic heterocycles. The summed E-state index contributed by atoms with van der Waals surface area (Å²) in [5, 5.41) is 2.36. The molecule has 5 nitrogen and oxygen atoms in total. The number of thioether (sulfide) groups is 1. The first-order chi connectivity index (χ1) is 19.8. The molecule has 0 bridgehead atoms. The monoisotopic (exact) mass is 686 g/mol. The number of halogens is 4. The van der Waals surface area contributed by atoms with Gasteiger partial charge in [-0.25, -0.2) is 4.99 Å². The van der Waals surface area contributed by atoms with Crippen molar-refractivity contribution in [2.45, 2.75) is 13.5 Å². The zero-order valence-corrected chi connectivity index (χ0v) is 26.3. The van der Waals surface area contributed by atoms with Crippen molar-refractivity contribution in [1.29, 1.82) is 0 Å². The summed E-state index contributed by atoms with van der Waals surface area (Å²) >= 11 is 23.1. The highest BCUT2D eigenvalue weighted by Crippen LogP contribution is 2.41. The Labute approximate surface area is 265 Å². The average molecular weight is 689 g/mol. The van der Waals surface area contributed by atoms with Crippen molar-refractivity contribution in [2.75, 3.05) is 11.5 Å². The van der Waals surface area contributed by atoms with Crippen LogP contribution in [-0.2, 0) is 11.4 Å². The zero-order chi connectivity index (χ0) is 28.9. The molecule has 0 atom stereocenters. The van der Waals surface area contributed by atoms with Crippen molar-refractivity contribution >= 4 is 91.0 Å². The summed E-state index contributed by atoms with van der Waals surface area (Å²) < 4.78 is 12.7. The predicted molar refractivity (Wildman–Crippen MR) is 174 cm³/mol. The second-order valence-corrected chi connectivity index (χ2v) is 11.9. The molecule has 1 fully saturated rings. The Morgan fingerprint density at radius 3 is 2.12 bits per heavy atom. The molecular weight excluding hydrogens is 667 g/mol. The minimum atomic E-state index is -0.206. The summed E-state index contributed by atoms with van der Waals surface area (Å²) in [4.78, 5) is 20.5. The number of anilines is 1. The highest BCUT2D eigenvalue weighted by Gasteiger charge is 2.35. The molecule has 4 aromatic carbocycles. The third-order valence-electron chi connectivity index (χ3n) is 5.87. The van der Waals surface area contributed by atoms with Crippen LogP contribution in [0.5, 0.6) is 11.5 Å². The molecule has 1 amide bonds. The van der Waals surface area contributed by atoms with Gasteiger partial charge < -0.3 is 9.47 Å². The van der Waals surface area contributed by atoms with Crippen LogP contribution in [0.25, 0.3) is 6.08 Å². The first-order valence-electron chi connectivity index (χ1n) is 12.5. The number of benzene rings is 4. The van der Waals surface area contributed by atoms with Crippen molar-refractivity contribution in [3.05, 3.63) is 121 Å². The third kappa shape index (κ3) is 7.29. The summed E-state index contributed by atoms with van der Waals surface area (Å²) in [6.45, 7) is 2.69. The Balaban J connectivity index is 1.48. The molecule has 0 aromatic heterocycles. The van der Waals surface area contributed by atoms with Crippen LogP contribution in [0.4, 0.5) is 11.4 Å². The minimum Gasteiger partial charge on any atom is -0.490 e. The normalized spacial score (nSPS) is 15.1. The van der Waals surface area contributed by atoms with Crippen molar-refractivity contribution in [2.24, 2.45) is 4.99 Å². The zero-order valence-electron chi connectivity index (χ0n) is 21.6. The van der Waals surface area contributed by atoms with Crippen LogP contribution in [0.3, 0.4) is 0 Å². The highest BCUT2D eigenvalue weighted by atomic mass is 79.9. The molecule has 208 valence electrons. The fraction of sp³-hybridized carbons (Fsp3) is 0.0968. The van der Waals surface area contributed by atoms with Gasteiger partial charge in [-0.05, 0) is 125 Å². The SMILES string of the molecule is CCOc1cc(/C=C2\SC(=Nc3ccc(Cl)cc3)N(c3ccc(Cl)cc3)C2=O)cc(Br)c1OCc1ccc(Cl)cc1. The topological polar surface area (TPSA) is 51.1 Å². The lowest BCUT2D eigenvalue weighted by Crippen LogP contribution is -2.28. The summed E-state index contributed by atoms with van der Waals surface area (Å²) in [5.41, 5.74) is 3.06. The van der Waals surface area contributed by atoms with E-state index in [1.54, 1.807) is 53.4 Å². The highest BCUT2D eigenvalue weighted by molar-refractivity contribution is 9.10. The fourth-order valence-corrected chi connectivity index (χ4v) is 5.91. The number of amidine groups is 1. The van der Waals surface area contributed by atoms with E-state index in [1.807, 2.05) is 49.4 Å². The van der Waals surface area contributed by atoms with E-state index in [4.69, 9.17) is 49.3 Å². The maximum atomic E-state index is 13.7. The van der Waals surface area contributed by atoms with Crippen LogP contribution >= 0.6 is 62.5 Å². The number of ether oxygens (including phenoxy) is 2. The van der Waals surface area contributed by atoms with Gasteiger partial charge in [0.2, 0.25) is 0 Å². The Morgan fingerprint density at radius 1 is 0.878 bits per heavy atom. The van der Waals surface area contributed by atoms with E-state index >= 15 is 0 Å². The van der Waals surface area contributed by atoms with Crippen LogP contribution in [0.2, 0.25) is 15.1 Å². The largest absolute Gasteiger partial charge is 0.490 e. The van der Waals surface area contributed by atoms with Gasteiger partial charge in [-0.15, -0.1) is 0 Å². The molecule has 0 saturated carbocycles. The summed E-state index contributed by atoms with van der Waals surface area (Å²) in [7, 11) is 0. The molecule has 5 rings (SSSR count). The molecule has 0 spiro atoms. The smallest absolute Gasteiger partial charge is 0.271 e. The number of aliphatic imine (C=N–C) groups is 1. The first-order valence-corrected chi connectivity index (χ1v) is 15.2. The number of carbonyl (C=O) groups is 1. The number of amides is 1. The summed E-state index contributed by atoms with van der Waals surface area (Å²) in [6.07, 6.45) is 1.82. The molecule has 0 unspecified atom stereocenters. The van der Waals surface area contributed by atoms with E-state index in [9.17, 15) is 4.79 Å². The van der Waals surface area contributed by atoms with Crippen LogP contribution in [0, 0.1) is 0 Å². The molecule has 1 heterocycles. The number of nitrogens with zero attached hydrogens (tertiary/aromatic N) is 2. The van der Waals surface area contributed by atoms with Crippen molar-refractivity contribution in [1.82, 2.24) is 0 Å². The van der Waals surface area contributed by atoms with Gasteiger partial charge in [0.05, 0.1) is 27.4 Å². The molecule has 41 heavy (non-hydrogen) atoms.